The number of nitrogens with zero attached hydrogens (tertiary/aromatic N) is 1. The summed E-state index contributed by atoms with van der Waals surface area (Å²) in [5.74, 6) is 0.333. The fourth-order valence-electron chi connectivity index (χ4n) is 1.82. The molecule has 0 amide bonds. The summed E-state index contributed by atoms with van der Waals surface area (Å²) in [6.07, 6.45) is 1.55. The van der Waals surface area contributed by atoms with Crippen LogP contribution in [0, 0.1) is 20.8 Å². The first-order valence-electron chi connectivity index (χ1n) is 6.02. The molecule has 0 spiro atoms. The molecule has 4 nitrogen and oxygen atoms in total. The zero-order chi connectivity index (χ0) is 14.9. The molecule has 0 atom stereocenters. The van der Waals surface area contributed by atoms with Crippen molar-refractivity contribution in [3.8, 4) is 0 Å². The summed E-state index contributed by atoms with van der Waals surface area (Å²) in [4.78, 5) is 4.25. The molecule has 0 saturated heterocycles. The minimum atomic E-state index is -3.68. The Morgan fingerprint density at radius 2 is 1.80 bits per heavy atom. The van der Waals surface area contributed by atoms with Gasteiger partial charge in [0.05, 0.1) is 4.90 Å². The predicted octanol–water partition coefficient (Wildman–Crippen LogP) is 3.46. The molecule has 2 rings (SSSR count). The van der Waals surface area contributed by atoms with Crippen LogP contribution in [0.4, 0.5) is 5.82 Å². The molecule has 0 aliphatic heterocycles. The van der Waals surface area contributed by atoms with Gasteiger partial charge < -0.3 is 0 Å². The number of rotatable bonds is 3. The van der Waals surface area contributed by atoms with Gasteiger partial charge in [0.15, 0.2) is 0 Å². The molecular weight excluding hydrogens is 296 g/mol. The van der Waals surface area contributed by atoms with E-state index in [0.29, 0.717) is 16.4 Å². The summed E-state index contributed by atoms with van der Waals surface area (Å²) in [6.45, 7) is 5.28. The van der Waals surface area contributed by atoms with Crippen LogP contribution in [0.5, 0.6) is 0 Å². The number of sulfonamides is 1. The second-order valence-corrected chi connectivity index (χ2v) is 6.70. The van der Waals surface area contributed by atoms with Crippen molar-refractivity contribution >= 4 is 27.4 Å². The minimum Gasteiger partial charge on any atom is -0.263 e. The Labute approximate surface area is 123 Å². The number of pyridine rings is 1. The van der Waals surface area contributed by atoms with Crippen molar-refractivity contribution in [2.24, 2.45) is 0 Å². The van der Waals surface area contributed by atoms with E-state index in [2.05, 4.69) is 9.71 Å². The molecule has 6 heteroatoms. The normalized spacial score (nSPS) is 11.4. The lowest BCUT2D eigenvalue weighted by Gasteiger charge is -2.12. The number of aryl methyl sites for hydroxylation is 3. The Hall–Kier alpha value is -1.59. The lowest BCUT2D eigenvalue weighted by Crippen LogP contribution is -2.16. The summed E-state index contributed by atoms with van der Waals surface area (Å²) in [5.41, 5.74) is 2.08. The molecule has 0 radical (unpaired) electrons. The number of hydrogen-bond acceptors (Lipinski definition) is 3. The molecule has 20 heavy (non-hydrogen) atoms. The van der Waals surface area contributed by atoms with E-state index in [4.69, 9.17) is 11.6 Å². The van der Waals surface area contributed by atoms with E-state index in [9.17, 15) is 8.42 Å². The van der Waals surface area contributed by atoms with E-state index in [1.807, 2.05) is 0 Å². The van der Waals surface area contributed by atoms with E-state index in [1.165, 1.54) is 0 Å². The highest BCUT2D eigenvalue weighted by atomic mass is 35.5. The first-order valence-corrected chi connectivity index (χ1v) is 7.88. The minimum absolute atomic E-state index is 0.212. The number of anilines is 1. The first kappa shape index (κ1) is 14.8. The van der Waals surface area contributed by atoms with Crippen molar-refractivity contribution in [2.45, 2.75) is 25.7 Å². The zero-order valence-electron chi connectivity index (χ0n) is 11.4. The van der Waals surface area contributed by atoms with Gasteiger partial charge >= 0.3 is 0 Å². The van der Waals surface area contributed by atoms with Crippen LogP contribution in [0.15, 0.2) is 35.4 Å². The van der Waals surface area contributed by atoms with E-state index < -0.39 is 10.0 Å². The van der Waals surface area contributed by atoms with Crippen molar-refractivity contribution < 1.29 is 8.42 Å². The maximum absolute atomic E-state index is 12.4. The average Bonchev–Trinajstić information content (AvgIpc) is 2.36. The SMILES string of the molecule is Cc1cc(S(=O)(=O)Nc2ncccc2C)c(C)cc1Cl. The van der Waals surface area contributed by atoms with Crippen LogP contribution in [0.25, 0.3) is 0 Å². The Bertz CT molecular complexity index is 758. The standard InChI is InChI=1S/C14H15ClN2O2S/c1-9-5-4-6-16-14(9)17-20(18,19)13-8-10(2)12(15)7-11(13)3/h4-8H,1-3H3,(H,16,17). The van der Waals surface area contributed by atoms with Gasteiger partial charge in [0.2, 0.25) is 0 Å². The van der Waals surface area contributed by atoms with Gasteiger partial charge in [0.1, 0.15) is 5.82 Å². The van der Waals surface area contributed by atoms with E-state index in [0.717, 1.165) is 11.1 Å². The zero-order valence-corrected chi connectivity index (χ0v) is 13.0. The van der Waals surface area contributed by atoms with Gasteiger partial charge in [0.25, 0.3) is 10.0 Å². The topological polar surface area (TPSA) is 59.1 Å². The van der Waals surface area contributed by atoms with Gasteiger partial charge in [-0.3, -0.25) is 4.72 Å². The third-order valence-electron chi connectivity index (χ3n) is 2.99. The lowest BCUT2D eigenvalue weighted by molar-refractivity contribution is 0.600. The van der Waals surface area contributed by atoms with Crippen molar-refractivity contribution in [1.29, 1.82) is 0 Å². The Morgan fingerprint density at radius 3 is 2.45 bits per heavy atom. The van der Waals surface area contributed by atoms with Crippen LogP contribution in [-0.2, 0) is 10.0 Å². The van der Waals surface area contributed by atoms with Crippen molar-refractivity contribution in [3.63, 3.8) is 0 Å². The maximum atomic E-state index is 12.4. The highest BCUT2D eigenvalue weighted by Crippen LogP contribution is 2.25. The maximum Gasteiger partial charge on any atom is 0.263 e. The number of halogens is 1. The third kappa shape index (κ3) is 2.94. The Balaban J connectivity index is 2.47. The Kier molecular flexibility index (Phi) is 4.01. The molecule has 1 aromatic carbocycles. The molecule has 2 aromatic rings. The fourth-order valence-corrected chi connectivity index (χ4v) is 3.43. The van der Waals surface area contributed by atoms with Crippen LogP contribution in [0.3, 0.4) is 0 Å². The third-order valence-corrected chi connectivity index (χ3v) is 4.87. The molecule has 1 aromatic heterocycles. The van der Waals surface area contributed by atoms with E-state index >= 15 is 0 Å². The molecule has 0 fully saturated rings. The predicted molar refractivity (Wildman–Crippen MR) is 80.7 cm³/mol. The van der Waals surface area contributed by atoms with Crippen LogP contribution < -0.4 is 4.72 Å². The van der Waals surface area contributed by atoms with Crippen molar-refractivity contribution in [2.75, 3.05) is 4.72 Å². The number of aromatic nitrogens is 1. The summed E-state index contributed by atoms with van der Waals surface area (Å²) >= 11 is 5.99. The van der Waals surface area contributed by atoms with Gasteiger partial charge in [-0.05, 0) is 55.7 Å². The molecule has 0 saturated carbocycles. The van der Waals surface area contributed by atoms with Crippen LogP contribution in [0.1, 0.15) is 16.7 Å². The average molecular weight is 311 g/mol. The van der Waals surface area contributed by atoms with Gasteiger partial charge in [-0.25, -0.2) is 13.4 Å². The molecule has 0 unspecified atom stereocenters. The molecule has 0 aliphatic carbocycles. The van der Waals surface area contributed by atoms with Gasteiger partial charge in [0, 0.05) is 11.2 Å². The van der Waals surface area contributed by atoms with Gasteiger partial charge in [-0.15, -0.1) is 0 Å². The van der Waals surface area contributed by atoms with Crippen LogP contribution in [-0.4, -0.2) is 13.4 Å². The molecule has 1 heterocycles. The van der Waals surface area contributed by atoms with Gasteiger partial charge in [-0.2, -0.15) is 0 Å². The lowest BCUT2D eigenvalue weighted by atomic mass is 10.2. The molecular formula is C14H15ClN2O2S. The van der Waals surface area contributed by atoms with Gasteiger partial charge in [-0.1, -0.05) is 17.7 Å². The smallest absolute Gasteiger partial charge is 0.263 e. The van der Waals surface area contributed by atoms with Crippen molar-refractivity contribution in [3.05, 3.63) is 52.2 Å². The highest BCUT2D eigenvalue weighted by molar-refractivity contribution is 7.92. The molecule has 106 valence electrons. The van der Waals surface area contributed by atoms with E-state index in [-0.39, 0.29) is 4.90 Å². The first-order chi connectivity index (χ1) is 9.31. The largest absolute Gasteiger partial charge is 0.263 e. The summed E-state index contributed by atoms with van der Waals surface area (Å²) in [5, 5.41) is 0.551. The molecule has 1 N–H and O–H groups in total. The summed E-state index contributed by atoms with van der Waals surface area (Å²) in [6, 6.07) is 6.77. The van der Waals surface area contributed by atoms with Crippen LogP contribution in [0.2, 0.25) is 5.02 Å². The summed E-state index contributed by atoms with van der Waals surface area (Å²) < 4.78 is 27.4. The molecule has 0 aliphatic rings. The fraction of sp³-hybridized carbons (Fsp3) is 0.214. The van der Waals surface area contributed by atoms with Crippen molar-refractivity contribution in [1.82, 2.24) is 4.98 Å². The highest BCUT2D eigenvalue weighted by Gasteiger charge is 2.19. The number of nitrogens with one attached hydrogen (secondary N) is 1. The quantitative estimate of drug-likeness (QED) is 0.944. The second-order valence-electron chi connectivity index (χ2n) is 4.64. The van der Waals surface area contributed by atoms with E-state index in [1.54, 1.807) is 51.2 Å². The Morgan fingerprint density at radius 1 is 1.10 bits per heavy atom. The summed E-state index contributed by atoms with van der Waals surface area (Å²) in [7, 11) is -3.68. The number of benzene rings is 1. The number of hydrogen-bond donors (Lipinski definition) is 1. The monoisotopic (exact) mass is 310 g/mol. The second kappa shape index (κ2) is 5.42. The van der Waals surface area contributed by atoms with Crippen LogP contribution >= 0.6 is 11.6 Å². The molecule has 0 bridgehead atoms.